The van der Waals surface area contributed by atoms with Crippen LogP contribution in [-0.4, -0.2) is 39.6 Å². The van der Waals surface area contributed by atoms with Crippen molar-refractivity contribution in [2.45, 2.75) is 32.7 Å². The first-order valence-corrected chi connectivity index (χ1v) is 7.98. The third kappa shape index (κ3) is 3.02. The molecular formula is C15H20ClN5O. The third-order valence-electron chi connectivity index (χ3n) is 3.85. The van der Waals surface area contributed by atoms with E-state index in [-0.39, 0.29) is 17.9 Å². The van der Waals surface area contributed by atoms with Gasteiger partial charge in [-0.05, 0) is 38.8 Å². The lowest BCUT2D eigenvalue weighted by molar-refractivity contribution is -0.125. The molecule has 1 aliphatic rings. The number of aromatic nitrogens is 3. The number of nitrogens with one attached hydrogen (secondary N) is 1. The minimum atomic E-state index is -0.0114. The number of pyridine rings is 1. The minimum Gasteiger partial charge on any atom is -0.354 e. The molecule has 7 heteroatoms. The summed E-state index contributed by atoms with van der Waals surface area (Å²) in [6, 6.07) is 3.80. The molecule has 22 heavy (non-hydrogen) atoms. The van der Waals surface area contributed by atoms with E-state index in [1.807, 2.05) is 30.5 Å². The Morgan fingerprint density at radius 3 is 3.00 bits per heavy atom. The average Bonchev–Trinajstić information content (AvgIpc) is 2.89. The fourth-order valence-electron chi connectivity index (χ4n) is 2.84. The highest BCUT2D eigenvalue weighted by atomic mass is 35.5. The smallest absolute Gasteiger partial charge is 0.231 e. The molecule has 2 aromatic heterocycles. The second-order valence-corrected chi connectivity index (χ2v) is 6.46. The quantitative estimate of drug-likeness (QED) is 0.940. The number of anilines is 1. The van der Waals surface area contributed by atoms with Crippen molar-refractivity contribution in [2.24, 2.45) is 5.92 Å². The van der Waals surface area contributed by atoms with E-state index in [0.717, 1.165) is 31.0 Å². The molecule has 0 bridgehead atoms. The van der Waals surface area contributed by atoms with Gasteiger partial charge in [0.15, 0.2) is 5.65 Å². The summed E-state index contributed by atoms with van der Waals surface area (Å²) >= 11 is 6.06. The summed E-state index contributed by atoms with van der Waals surface area (Å²) in [5, 5.41) is 12.1. The van der Waals surface area contributed by atoms with Crippen LogP contribution < -0.4 is 10.2 Å². The molecule has 0 saturated carbocycles. The number of hydrogen-bond donors (Lipinski definition) is 1. The van der Waals surface area contributed by atoms with E-state index in [2.05, 4.69) is 20.4 Å². The lowest BCUT2D eigenvalue weighted by atomic mass is 9.97. The zero-order valence-electron chi connectivity index (χ0n) is 12.8. The Labute approximate surface area is 134 Å². The van der Waals surface area contributed by atoms with Crippen LogP contribution in [0.25, 0.3) is 5.65 Å². The monoisotopic (exact) mass is 321 g/mol. The Hall–Kier alpha value is -1.82. The molecule has 1 aliphatic heterocycles. The molecule has 3 heterocycles. The molecule has 3 rings (SSSR count). The number of fused-ring (bicyclic) bond motifs is 1. The molecule has 0 spiro atoms. The predicted molar refractivity (Wildman–Crippen MR) is 86.2 cm³/mol. The number of carbonyl (C=O) groups is 1. The Kier molecular flexibility index (Phi) is 4.20. The van der Waals surface area contributed by atoms with Gasteiger partial charge in [0.2, 0.25) is 11.9 Å². The van der Waals surface area contributed by atoms with Crippen molar-refractivity contribution in [3.8, 4) is 0 Å². The average molecular weight is 322 g/mol. The van der Waals surface area contributed by atoms with Crippen molar-refractivity contribution in [3.63, 3.8) is 0 Å². The topological polar surface area (TPSA) is 62.5 Å². The first-order valence-electron chi connectivity index (χ1n) is 7.60. The van der Waals surface area contributed by atoms with Gasteiger partial charge >= 0.3 is 0 Å². The molecule has 1 unspecified atom stereocenters. The number of amides is 1. The number of hydrogen-bond acceptors (Lipinski definition) is 4. The lowest BCUT2D eigenvalue weighted by Crippen LogP contribution is -2.45. The number of rotatable bonds is 3. The first kappa shape index (κ1) is 15.1. The summed E-state index contributed by atoms with van der Waals surface area (Å²) < 4.78 is 1.88. The van der Waals surface area contributed by atoms with Gasteiger partial charge in [-0.1, -0.05) is 11.6 Å². The van der Waals surface area contributed by atoms with E-state index in [0.29, 0.717) is 11.6 Å². The van der Waals surface area contributed by atoms with Gasteiger partial charge < -0.3 is 10.2 Å². The summed E-state index contributed by atoms with van der Waals surface area (Å²) in [6.07, 6.45) is 3.68. The number of carbonyl (C=O) groups excluding carboxylic acids is 1. The lowest BCUT2D eigenvalue weighted by Gasteiger charge is -2.32. The first-order chi connectivity index (χ1) is 10.5. The zero-order valence-corrected chi connectivity index (χ0v) is 13.5. The van der Waals surface area contributed by atoms with E-state index in [1.54, 1.807) is 6.07 Å². The van der Waals surface area contributed by atoms with Gasteiger partial charge in [0, 0.05) is 25.3 Å². The molecule has 1 saturated heterocycles. The Morgan fingerprint density at radius 1 is 1.41 bits per heavy atom. The molecule has 6 nitrogen and oxygen atoms in total. The molecule has 1 amide bonds. The van der Waals surface area contributed by atoms with Crippen LogP contribution in [0, 0.1) is 5.92 Å². The maximum atomic E-state index is 12.2. The Bertz CT molecular complexity index is 684. The second kappa shape index (κ2) is 6.12. The third-order valence-corrected chi connectivity index (χ3v) is 4.08. The van der Waals surface area contributed by atoms with Crippen LogP contribution in [-0.2, 0) is 4.79 Å². The molecule has 0 aromatic carbocycles. The largest absolute Gasteiger partial charge is 0.354 e. The highest BCUT2D eigenvalue weighted by Gasteiger charge is 2.28. The normalized spacial score (nSPS) is 18.9. The Balaban J connectivity index is 1.81. The molecule has 0 radical (unpaired) electrons. The van der Waals surface area contributed by atoms with Gasteiger partial charge in [0.25, 0.3) is 0 Å². The Morgan fingerprint density at radius 2 is 2.23 bits per heavy atom. The molecule has 1 atom stereocenters. The fourth-order valence-corrected chi connectivity index (χ4v) is 3.00. The summed E-state index contributed by atoms with van der Waals surface area (Å²) in [6.45, 7) is 5.49. The van der Waals surface area contributed by atoms with Crippen LogP contribution in [0.3, 0.4) is 0 Å². The molecular weight excluding hydrogens is 302 g/mol. The van der Waals surface area contributed by atoms with E-state index >= 15 is 0 Å². The number of halogens is 1. The van der Waals surface area contributed by atoms with Crippen molar-refractivity contribution in [2.75, 3.05) is 18.0 Å². The van der Waals surface area contributed by atoms with Crippen molar-refractivity contribution in [1.82, 2.24) is 19.9 Å². The molecule has 1 fully saturated rings. The van der Waals surface area contributed by atoms with Crippen LogP contribution in [0.4, 0.5) is 5.95 Å². The van der Waals surface area contributed by atoms with Crippen molar-refractivity contribution >= 4 is 29.1 Å². The highest BCUT2D eigenvalue weighted by molar-refractivity contribution is 6.30. The van der Waals surface area contributed by atoms with E-state index in [9.17, 15) is 4.79 Å². The van der Waals surface area contributed by atoms with Crippen molar-refractivity contribution in [1.29, 1.82) is 0 Å². The van der Waals surface area contributed by atoms with Gasteiger partial charge in [-0.15, -0.1) is 10.2 Å². The van der Waals surface area contributed by atoms with Gasteiger partial charge in [-0.2, -0.15) is 0 Å². The van der Waals surface area contributed by atoms with E-state index in [1.165, 1.54) is 0 Å². The van der Waals surface area contributed by atoms with Crippen LogP contribution >= 0.6 is 11.6 Å². The van der Waals surface area contributed by atoms with Crippen molar-refractivity contribution < 1.29 is 4.79 Å². The van der Waals surface area contributed by atoms with Crippen LogP contribution in [0.1, 0.15) is 26.7 Å². The van der Waals surface area contributed by atoms with Gasteiger partial charge in [0.1, 0.15) is 0 Å². The van der Waals surface area contributed by atoms with E-state index < -0.39 is 0 Å². The summed E-state index contributed by atoms with van der Waals surface area (Å²) in [7, 11) is 0. The van der Waals surface area contributed by atoms with Gasteiger partial charge in [-0.25, -0.2) is 0 Å². The van der Waals surface area contributed by atoms with Gasteiger partial charge in [-0.3, -0.25) is 9.20 Å². The molecule has 0 aliphatic carbocycles. The predicted octanol–water partition coefficient (Wildman–Crippen LogP) is 2.12. The van der Waals surface area contributed by atoms with E-state index in [4.69, 9.17) is 11.6 Å². The SMILES string of the molecule is CC(C)NC(=O)C1CCCN(c2nnc3ccc(Cl)cn23)C1. The summed E-state index contributed by atoms with van der Waals surface area (Å²) in [5.74, 6) is 0.855. The number of piperidine rings is 1. The van der Waals surface area contributed by atoms with Crippen LogP contribution in [0.5, 0.6) is 0 Å². The van der Waals surface area contributed by atoms with Crippen molar-refractivity contribution in [3.05, 3.63) is 23.4 Å². The van der Waals surface area contributed by atoms with Crippen LogP contribution in [0.2, 0.25) is 5.02 Å². The summed E-state index contributed by atoms with van der Waals surface area (Å²) in [4.78, 5) is 14.4. The zero-order chi connectivity index (χ0) is 15.7. The fraction of sp³-hybridized carbons (Fsp3) is 0.533. The molecule has 1 N–H and O–H groups in total. The maximum absolute atomic E-state index is 12.2. The standard InChI is InChI=1S/C15H20ClN5O/c1-10(2)17-14(22)11-4-3-7-20(8-11)15-19-18-13-6-5-12(16)9-21(13)15/h5-6,9-11H,3-4,7-8H2,1-2H3,(H,17,22). The second-order valence-electron chi connectivity index (χ2n) is 6.02. The molecule has 2 aromatic rings. The highest BCUT2D eigenvalue weighted by Crippen LogP contribution is 2.23. The minimum absolute atomic E-state index is 0.0114. The molecule has 118 valence electrons. The maximum Gasteiger partial charge on any atom is 0.231 e. The number of nitrogens with zero attached hydrogens (tertiary/aromatic N) is 4. The summed E-state index contributed by atoms with van der Waals surface area (Å²) in [5.41, 5.74) is 0.758. The van der Waals surface area contributed by atoms with Gasteiger partial charge in [0.05, 0.1) is 10.9 Å². The van der Waals surface area contributed by atoms with Crippen LogP contribution in [0.15, 0.2) is 18.3 Å².